The maximum Gasteiger partial charge on any atom is 0.494 e. The van der Waals surface area contributed by atoms with Gasteiger partial charge in [-0.25, -0.2) is 4.79 Å². The molecule has 0 aromatic heterocycles. The van der Waals surface area contributed by atoms with E-state index >= 15 is 0 Å². The van der Waals surface area contributed by atoms with Crippen LogP contribution in [-0.4, -0.2) is 72.5 Å². The van der Waals surface area contributed by atoms with Crippen molar-refractivity contribution in [3.05, 3.63) is 29.8 Å². The van der Waals surface area contributed by atoms with Crippen molar-refractivity contribution in [2.45, 2.75) is 97.4 Å². The van der Waals surface area contributed by atoms with Gasteiger partial charge < -0.3 is 23.8 Å². The summed E-state index contributed by atoms with van der Waals surface area (Å²) in [5.41, 5.74) is 1.80. The molecular formula is C28H45BN2O4. The number of piperidine rings is 2. The molecule has 194 valence electrons. The molecule has 0 bridgehead atoms. The molecule has 6 nitrogen and oxygen atoms in total. The van der Waals surface area contributed by atoms with Crippen LogP contribution in [0.4, 0.5) is 4.79 Å². The van der Waals surface area contributed by atoms with Crippen molar-refractivity contribution in [2.24, 2.45) is 5.41 Å². The summed E-state index contributed by atoms with van der Waals surface area (Å²) in [5.74, 6) is 0. The molecule has 7 heteroatoms. The van der Waals surface area contributed by atoms with E-state index in [0.29, 0.717) is 5.41 Å². The zero-order valence-corrected chi connectivity index (χ0v) is 23.0. The summed E-state index contributed by atoms with van der Waals surface area (Å²) < 4.78 is 17.9. The monoisotopic (exact) mass is 484 g/mol. The van der Waals surface area contributed by atoms with Gasteiger partial charge in [-0.3, -0.25) is 0 Å². The second-order valence-electron chi connectivity index (χ2n) is 12.9. The van der Waals surface area contributed by atoms with E-state index in [1.54, 1.807) is 0 Å². The molecule has 3 saturated heterocycles. The van der Waals surface area contributed by atoms with Gasteiger partial charge in [0.05, 0.1) is 11.2 Å². The van der Waals surface area contributed by atoms with Gasteiger partial charge in [0, 0.05) is 19.6 Å². The first-order valence-corrected chi connectivity index (χ1v) is 13.4. The first-order valence-electron chi connectivity index (χ1n) is 13.4. The van der Waals surface area contributed by atoms with Gasteiger partial charge in [0.2, 0.25) is 0 Å². The number of amides is 1. The molecule has 35 heavy (non-hydrogen) atoms. The van der Waals surface area contributed by atoms with Crippen LogP contribution in [0.15, 0.2) is 24.3 Å². The van der Waals surface area contributed by atoms with E-state index in [2.05, 4.69) is 56.9 Å². The van der Waals surface area contributed by atoms with E-state index in [9.17, 15) is 4.79 Å². The number of nitrogens with zero attached hydrogens (tertiary/aromatic N) is 2. The summed E-state index contributed by atoms with van der Waals surface area (Å²) in [5, 5.41) is 0. The molecule has 1 aromatic carbocycles. The lowest BCUT2D eigenvalue weighted by molar-refractivity contribution is -0.00227. The number of benzene rings is 1. The van der Waals surface area contributed by atoms with Gasteiger partial charge in [-0.05, 0) is 110 Å². The van der Waals surface area contributed by atoms with E-state index in [1.807, 2.05) is 25.7 Å². The van der Waals surface area contributed by atoms with Gasteiger partial charge in [0.1, 0.15) is 5.60 Å². The highest BCUT2D eigenvalue weighted by molar-refractivity contribution is 6.62. The third-order valence-electron chi connectivity index (χ3n) is 8.61. The predicted octanol–water partition coefficient (Wildman–Crippen LogP) is 4.64. The summed E-state index contributed by atoms with van der Waals surface area (Å²) in [6, 6.07) is 8.75. The quantitative estimate of drug-likeness (QED) is 0.583. The van der Waals surface area contributed by atoms with Crippen LogP contribution in [0.25, 0.3) is 0 Å². The fourth-order valence-corrected chi connectivity index (χ4v) is 5.35. The van der Waals surface area contributed by atoms with Crippen LogP contribution in [-0.2, 0) is 20.5 Å². The van der Waals surface area contributed by atoms with Crippen molar-refractivity contribution in [2.75, 3.05) is 32.7 Å². The summed E-state index contributed by atoms with van der Waals surface area (Å²) in [4.78, 5) is 16.9. The highest BCUT2D eigenvalue weighted by atomic mass is 16.7. The number of carbonyl (C=O) groups is 1. The Hall–Kier alpha value is -1.57. The molecule has 3 heterocycles. The largest absolute Gasteiger partial charge is 0.494 e. The van der Waals surface area contributed by atoms with Crippen LogP contribution >= 0.6 is 0 Å². The lowest BCUT2D eigenvalue weighted by Crippen LogP contribution is -2.49. The molecule has 0 atom stereocenters. The van der Waals surface area contributed by atoms with Gasteiger partial charge in [-0.1, -0.05) is 24.3 Å². The Kier molecular flexibility index (Phi) is 7.36. The second-order valence-corrected chi connectivity index (χ2v) is 12.9. The van der Waals surface area contributed by atoms with E-state index in [4.69, 9.17) is 14.0 Å². The maximum absolute atomic E-state index is 12.4. The van der Waals surface area contributed by atoms with Crippen LogP contribution in [0, 0.1) is 5.41 Å². The highest BCUT2D eigenvalue weighted by Gasteiger charge is 2.51. The number of rotatable bonds is 4. The number of likely N-dealkylation sites (tertiary alicyclic amines) is 2. The second kappa shape index (κ2) is 9.72. The molecule has 0 N–H and O–H groups in total. The van der Waals surface area contributed by atoms with Crippen molar-refractivity contribution in [1.29, 1.82) is 0 Å². The van der Waals surface area contributed by atoms with Crippen LogP contribution in [0.1, 0.15) is 79.7 Å². The molecule has 1 spiro atoms. The van der Waals surface area contributed by atoms with Gasteiger partial charge >= 0.3 is 13.2 Å². The van der Waals surface area contributed by atoms with Crippen LogP contribution in [0.3, 0.4) is 0 Å². The third-order valence-corrected chi connectivity index (χ3v) is 8.61. The minimum absolute atomic E-state index is 0.158. The van der Waals surface area contributed by atoms with Crippen LogP contribution < -0.4 is 5.46 Å². The molecule has 1 amide bonds. The van der Waals surface area contributed by atoms with E-state index in [1.165, 1.54) is 18.4 Å². The average molecular weight is 484 g/mol. The molecule has 3 fully saturated rings. The smallest absolute Gasteiger partial charge is 0.444 e. The van der Waals surface area contributed by atoms with E-state index < -0.39 is 5.60 Å². The molecule has 1 aromatic rings. The lowest BCUT2D eigenvalue weighted by Gasteiger charge is -2.46. The van der Waals surface area contributed by atoms with Gasteiger partial charge in [0.25, 0.3) is 0 Å². The number of hydrogen-bond donors (Lipinski definition) is 0. The SMILES string of the molecule is CC(C)(C)OC(=O)N1CCC2(CCN(CCc3ccc(B4OC(C)(C)C(C)(C)O4)cc3)CC2)CC1. The van der Waals surface area contributed by atoms with Gasteiger partial charge in [0.15, 0.2) is 0 Å². The van der Waals surface area contributed by atoms with Crippen molar-refractivity contribution in [3.8, 4) is 0 Å². The predicted molar refractivity (Wildman–Crippen MR) is 141 cm³/mol. The molecule has 3 aliphatic heterocycles. The molecule has 0 saturated carbocycles. The fraction of sp³-hybridized carbons (Fsp3) is 0.750. The Balaban J connectivity index is 1.20. The molecule has 0 unspecified atom stereocenters. The summed E-state index contributed by atoms with van der Waals surface area (Å²) >= 11 is 0. The van der Waals surface area contributed by atoms with Crippen molar-refractivity contribution in [1.82, 2.24) is 9.80 Å². The fourth-order valence-electron chi connectivity index (χ4n) is 5.35. The molecule has 3 aliphatic rings. The summed E-state index contributed by atoms with van der Waals surface area (Å²) in [6.45, 7) is 19.2. The Labute approximate surface area is 212 Å². The molecule has 0 radical (unpaired) electrons. The highest BCUT2D eigenvalue weighted by Crippen LogP contribution is 2.41. The molecule has 0 aliphatic carbocycles. The standard InChI is InChI=1S/C28H45BN2O4/c1-25(2,3)33-24(32)31-20-15-28(16-21-31)13-18-30(19-14-28)17-12-22-8-10-23(11-9-22)29-34-26(4,5)27(6,7)35-29/h8-11H,12-21H2,1-7H3. The van der Waals surface area contributed by atoms with Crippen molar-refractivity contribution < 1.29 is 18.8 Å². The topological polar surface area (TPSA) is 51.2 Å². The average Bonchev–Trinajstić information content (AvgIpc) is 3.00. The zero-order chi connectivity index (χ0) is 25.5. The number of carbonyl (C=O) groups excluding carboxylic acids is 1. The first-order chi connectivity index (χ1) is 16.3. The molecular weight excluding hydrogens is 439 g/mol. The molecule has 4 rings (SSSR count). The summed E-state index contributed by atoms with van der Waals surface area (Å²) in [6.07, 6.45) is 5.56. The maximum atomic E-state index is 12.4. The number of hydrogen-bond acceptors (Lipinski definition) is 5. The first kappa shape index (κ1) is 26.5. The Bertz CT molecular complexity index is 859. The van der Waals surface area contributed by atoms with E-state index in [0.717, 1.165) is 57.4 Å². The number of ether oxygens (including phenoxy) is 1. The minimum Gasteiger partial charge on any atom is -0.444 e. The van der Waals surface area contributed by atoms with Gasteiger partial charge in [-0.2, -0.15) is 0 Å². The zero-order valence-electron chi connectivity index (χ0n) is 23.0. The van der Waals surface area contributed by atoms with Gasteiger partial charge in [-0.15, -0.1) is 0 Å². The Morgan fingerprint density at radius 1 is 0.914 bits per heavy atom. The van der Waals surface area contributed by atoms with Crippen molar-refractivity contribution >= 4 is 18.7 Å². The minimum atomic E-state index is -0.427. The van der Waals surface area contributed by atoms with Crippen LogP contribution in [0.2, 0.25) is 0 Å². The van der Waals surface area contributed by atoms with E-state index in [-0.39, 0.29) is 24.4 Å². The summed E-state index contributed by atoms with van der Waals surface area (Å²) in [7, 11) is -0.297. The Morgan fingerprint density at radius 2 is 1.43 bits per heavy atom. The van der Waals surface area contributed by atoms with Crippen LogP contribution in [0.5, 0.6) is 0 Å². The normalized spacial score (nSPS) is 24.1. The Morgan fingerprint density at radius 3 is 1.94 bits per heavy atom. The third kappa shape index (κ3) is 6.23. The van der Waals surface area contributed by atoms with Crippen molar-refractivity contribution in [3.63, 3.8) is 0 Å². The lowest BCUT2D eigenvalue weighted by atomic mass is 9.71.